The number of amides is 1. The molecule has 7 heteroatoms. The average Bonchev–Trinajstić information content (AvgIpc) is 2.53. The minimum Gasteiger partial charge on any atom is -0.355 e. The van der Waals surface area contributed by atoms with Crippen molar-refractivity contribution in [2.75, 3.05) is 19.4 Å². The molecular formula is C17H17Cl2N3OS. The van der Waals surface area contributed by atoms with E-state index < -0.39 is 0 Å². The molecule has 0 aliphatic heterocycles. The van der Waals surface area contributed by atoms with Crippen LogP contribution in [0.4, 0.5) is 5.69 Å². The van der Waals surface area contributed by atoms with Crippen molar-refractivity contribution in [1.82, 2.24) is 10.2 Å². The van der Waals surface area contributed by atoms with Crippen LogP contribution in [0.15, 0.2) is 42.5 Å². The van der Waals surface area contributed by atoms with Crippen LogP contribution in [-0.2, 0) is 6.54 Å². The summed E-state index contributed by atoms with van der Waals surface area (Å²) in [4.78, 5) is 13.4. The first kappa shape index (κ1) is 18.5. The molecule has 2 N–H and O–H groups in total. The number of rotatable bonds is 4. The minimum atomic E-state index is -0.107. The number of hydrogen-bond acceptors (Lipinski definition) is 2. The quantitative estimate of drug-likeness (QED) is 0.779. The van der Waals surface area contributed by atoms with Gasteiger partial charge in [-0.3, -0.25) is 4.79 Å². The van der Waals surface area contributed by atoms with Gasteiger partial charge in [-0.25, -0.2) is 0 Å². The molecule has 1 amide bonds. The lowest BCUT2D eigenvalue weighted by atomic mass is 10.1. The van der Waals surface area contributed by atoms with Gasteiger partial charge in [0.2, 0.25) is 0 Å². The zero-order valence-corrected chi connectivity index (χ0v) is 15.6. The highest BCUT2D eigenvalue weighted by molar-refractivity contribution is 7.80. The number of carbonyl (C=O) groups excluding carboxylic acids is 1. The van der Waals surface area contributed by atoms with Gasteiger partial charge in [-0.1, -0.05) is 35.3 Å². The van der Waals surface area contributed by atoms with Crippen LogP contribution < -0.4 is 10.6 Å². The van der Waals surface area contributed by atoms with Crippen molar-refractivity contribution in [3.8, 4) is 0 Å². The third-order valence-corrected chi connectivity index (χ3v) is 4.17. The van der Waals surface area contributed by atoms with Crippen molar-refractivity contribution in [3.05, 3.63) is 63.6 Å². The third kappa shape index (κ3) is 5.09. The van der Waals surface area contributed by atoms with E-state index in [1.165, 1.54) is 0 Å². The first-order chi connectivity index (χ1) is 11.4. The van der Waals surface area contributed by atoms with E-state index in [1.54, 1.807) is 37.4 Å². The minimum absolute atomic E-state index is 0.107. The molecule has 2 aromatic rings. The molecule has 0 aromatic heterocycles. The molecule has 0 fully saturated rings. The Hall–Kier alpha value is -1.82. The fourth-order valence-electron chi connectivity index (χ4n) is 2.10. The summed E-state index contributed by atoms with van der Waals surface area (Å²) in [7, 11) is 3.49. The van der Waals surface area contributed by atoms with Crippen molar-refractivity contribution < 1.29 is 4.79 Å². The number of halogens is 2. The van der Waals surface area contributed by atoms with Crippen LogP contribution in [0.5, 0.6) is 0 Å². The van der Waals surface area contributed by atoms with Gasteiger partial charge >= 0.3 is 0 Å². The van der Waals surface area contributed by atoms with E-state index in [0.29, 0.717) is 27.3 Å². The van der Waals surface area contributed by atoms with E-state index in [2.05, 4.69) is 10.6 Å². The molecule has 0 saturated carbocycles. The molecule has 0 atom stereocenters. The number of thiocarbonyl (C=S) groups is 1. The molecule has 0 bridgehead atoms. The average molecular weight is 382 g/mol. The lowest BCUT2D eigenvalue weighted by Crippen LogP contribution is -2.30. The predicted molar refractivity (Wildman–Crippen MR) is 104 cm³/mol. The SMILES string of the molecule is CNC(=O)c1ccc(CN(C)C(=S)Nc2cc(Cl)cc(Cl)c2)cc1. The smallest absolute Gasteiger partial charge is 0.251 e. The Bertz CT molecular complexity index is 730. The summed E-state index contributed by atoms with van der Waals surface area (Å²) in [6.45, 7) is 0.605. The molecule has 0 unspecified atom stereocenters. The van der Waals surface area contributed by atoms with Crippen molar-refractivity contribution >= 4 is 52.1 Å². The number of nitrogens with one attached hydrogen (secondary N) is 2. The second kappa shape index (κ2) is 8.33. The summed E-state index contributed by atoms with van der Waals surface area (Å²) in [6, 6.07) is 12.6. The molecule has 4 nitrogen and oxygen atoms in total. The summed E-state index contributed by atoms with van der Waals surface area (Å²) in [5.41, 5.74) is 2.40. The lowest BCUT2D eigenvalue weighted by molar-refractivity contribution is 0.0963. The maximum atomic E-state index is 11.5. The highest BCUT2D eigenvalue weighted by atomic mass is 35.5. The van der Waals surface area contributed by atoms with Crippen LogP contribution >= 0.6 is 35.4 Å². The Kier molecular flexibility index (Phi) is 6.43. The van der Waals surface area contributed by atoms with Crippen LogP contribution in [-0.4, -0.2) is 30.0 Å². The first-order valence-electron chi connectivity index (χ1n) is 7.18. The monoisotopic (exact) mass is 381 g/mol. The number of anilines is 1. The molecule has 0 heterocycles. The van der Waals surface area contributed by atoms with Gasteiger partial charge in [0.15, 0.2) is 5.11 Å². The molecular weight excluding hydrogens is 365 g/mol. The second-order valence-electron chi connectivity index (χ2n) is 5.22. The molecule has 0 aliphatic rings. The summed E-state index contributed by atoms with van der Waals surface area (Å²) in [5.74, 6) is -0.107. The first-order valence-corrected chi connectivity index (χ1v) is 8.34. The van der Waals surface area contributed by atoms with Gasteiger partial charge < -0.3 is 15.5 Å². The van der Waals surface area contributed by atoms with Crippen molar-refractivity contribution in [2.24, 2.45) is 0 Å². The van der Waals surface area contributed by atoms with Crippen molar-refractivity contribution in [3.63, 3.8) is 0 Å². The molecule has 126 valence electrons. The normalized spacial score (nSPS) is 10.2. The number of benzene rings is 2. The Morgan fingerprint density at radius 1 is 1.12 bits per heavy atom. The van der Waals surface area contributed by atoms with Gasteiger partial charge in [0.25, 0.3) is 5.91 Å². The standard InChI is InChI=1S/C17H17Cl2N3OS/c1-20-16(23)12-5-3-11(4-6-12)10-22(2)17(24)21-15-8-13(18)7-14(19)9-15/h3-9H,10H2,1-2H3,(H,20,23)(H,21,24). The van der Waals surface area contributed by atoms with E-state index in [9.17, 15) is 4.79 Å². The van der Waals surface area contributed by atoms with Gasteiger partial charge in [-0.15, -0.1) is 0 Å². The van der Waals surface area contributed by atoms with Gasteiger partial charge in [-0.05, 0) is 48.1 Å². The summed E-state index contributed by atoms with van der Waals surface area (Å²) in [5, 5.41) is 7.33. The maximum Gasteiger partial charge on any atom is 0.251 e. The zero-order valence-electron chi connectivity index (χ0n) is 13.3. The van der Waals surface area contributed by atoms with Gasteiger partial charge in [0, 0.05) is 41.9 Å². The molecule has 2 rings (SSSR count). The zero-order chi connectivity index (χ0) is 17.7. The Balaban J connectivity index is 1.99. The molecule has 24 heavy (non-hydrogen) atoms. The highest BCUT2D eigenvalue weighted by Crippen LogP contribution is 2.22. The van der Waals surface area contributed by atoms with Crippen LogP contribution in [0.25, 0.3) is 0 Å². The van der Waals surface area contributed by atoms with Crippen LogP contribution in [0, 0.1) is 0 Å². The van der Waals surface area contributed by atoms with E-state index in [0.717, 1.165) is 11.3 Å². The summed E-state index contributed by atoms with van der Waals surface area (Å²) >= 11 is 17.4. The number of carbonyl (C=O) groups is 1. The summed E-state index contributed by atoms with van der Waals surface area (Å²) < 4.78 is 0. The number of hydrogen-bond donors (Lipinski definition) is 2. The van der Waals surface area contributed by atoms with E-state index in [1.807, 2.05) is 24.1 Å². The van der Waals surface area contributed by atoms with Gasteiger partial charge in [0.05, 0.1) is 0 Å². The van der Waals surface area contributed by atoms with Crippen LogP contribution in [0.3, 0.4) is 0 Å². The van der Waals surface area contributed by atoms with Gasteiger partial charge in [0.1, 0.15) is 0 Å². The molecule has 0 spiro atoms. The summed E-state index contributed by atoms with van der Waals surface area (Å²) in [6.07, 6.45) is 0. The topological polar surface area (TPSA) is 44.4 Å². The predicted octanol–water partition coefficient (Wildman–Crippen LogP) is 4.18. The Morgan fingerprint density at radius 2 is 1.71 bits per heavy atom. The van der Waals surface area contributed by atoms with E-state index >= 15 is 0 Å². The van der Waals surface area contributed by atoms with Crippen LogP contribution in [0.1, 0.15) is 15.9 Å². The van der Waals surface area contributed by atoms with Crippen LogP contribution in [0.2, 0.25) is 10.0 Å². The molecule has 0 aliphatic carbocycles. The lowest BCUT2D eigenvalue weighted by Gasteiger charge is -2.21. The highest BCUT2D eigenvalue weighted by Gasteiger charge is 2.08. The van der Waals surface area contributed by atoms with E-state index in [-0.39, 0.29) is 5.91 Å². The van der Waals surface area contributed by atoms with Crippen molar-refractivity contribution in [1.29, 1.82) is 0 Å². The maximum absolute atomic E-state index is 11.5. The number of nitrogens with zero attached hydrogens (tertiary/aromatic N) is 1. The fourth-order valence-corrected chi connectivity index (χ4v) is 2.80. The van der Waals surface area contributed by atoms with Crippen molar-refractivity contribution in [2.45, 2.75) is 6.54 Å². The largest absolute Gasteiger partial charge is 0.355 e. The second-order valence-corrected chi connectivity index (χ2v) is 6.48. The van der Waals surface area contributed by atoms with E-state index in [4.69, 9.17) is 35.4 Å². The van der Waals surface area contributed by atoms with Gasteiger partial charge in [-0.2, -0.15) is 0 Å². The Morgan fingerprint density at radius 3 is 2.25 bits per heavy atom. The molecule has 0 radical (unpaired) electrons. The molecule has 2 aromatic carbocycles. The fraction of sp³-hybridized carbons (Fsp3) is 0.176. The molecule has 0 saturated heterocycles. The Labute approximate surface area is 156 Å². The third-order valence-electron chi connectivity index (χ3n) is 3.32.